The van der Waals surface area contributed by atoms with Crippen molar-refractivity contribution in [2.24, 2.45) is 52.3 Å². The summed E-state index contributed by atoms with van der Waals surface area (Å²) in [5.41, 5.74) is -0.0287. The van der Waals surface area contributed by atoms with Gasteiger partial charge in [-0.2, -0.15) is 0 Å². The van der Waals surface area contributed by atoms with Crippen molar-refractivity contribution in [3.63, 3.8) is 0 Å². The van der Waals surface area contributed by atoms with Crippen molar-refractivity contribution >= 4 is 5.97 Å². The molecule has 0 saturated heterocycles. The lowest BCUT2D eigenvalue weighted by atomic mass is 9.44. The first kappa shape index (κ1) is 23.9. The van der Waals surface area contributed by atoms with Crippen LogP contribution in [0.5, 0.6) is 0 Å². The first-order valence-corrected chi connectivity index (χ1v) is 13.0. The molecule has 0 spiro atoms. The Hall–Kier alpha value is -1.23. The molecule has 0 amide bonds. The lowest BCUT2D eigenvalue weighted by Gasteiger charge is -2.61. The SMILES string of the molecule is CC(CCC[C@@H](C)[C@H]1CC[C@H]2[C@@H]3CCC4CC(O)=C(O)C(O)[C@]4(C)[C@H]3CC[C@]12C)C(=O)O. The summed E-state index contributed by atoms with van der Waals surface area (Å²) >= 11 is 0. The van der Waals surface area contributed by atoms with Gasteiger partial charge in [0, 0.05) is 11.8 Å². The van der Waals surface area contributed by atoms with Gasteiger partial charge in [-0.05, 0) is 85.9 Å². The summed E-state index contributed by atoms with van der Waals surface area (Å²) in [6.45, 7) is 8.87. The number of carboxylic acid groups (broad SMARTS) is 1. The summed E-state index contributed by atoms with van der Waals surface area (Å²) in [4.78, 5) is 11.1. The average molecular weight is 449 g/mol. The van der Waals surface area contributed by atoms with Crippen LogP contribution in [0.3, 0.4) is 0 Å². The Morgan fingerprint density at radius 1 is 1.03 bits per heavy atom. The van der Waals surface area contributed by atoms with Crippen molar-refractivity contribution in [2.45, 2.75) is 98.0 Å². The first-order valence-electron chi connectivity index (χ1n) is 13.0. The average Bonchev–Trinajstić information content (AvgIpc) is 3.10. The van der Waals surface area contributed by atoms with Gasteiger partial charge in [0.2, 0.25) is 0 Å². The van der Waals surface area contributed by atoms with Crippen molar-refractivity contribution in [3.05, 3.63) is 11.5 Å². The van der Waals surface area contributed by atoms with Gasteiger partial charge < -0.3 is 20.4 Å². The van der Waals surface area contributed by atoms with Crippen LogP contribution < -0.4 is 0 Å². The molecule has 182 valence electrons. The standard InChI is InChI=1S/C27H44O5/c1-15(6-5-7-16(2)25(31)32)19-10-11-20-18-9-8-17-14-22(28)23(29)24(30)27(17,4)21(18)12-13-26(19,20)3/h15-21,24,28-30H,5-14H2,1-4H3,(H,31,32)/t15-,16?,17?,18+,19-,20+,21+,24?,26-,27+/m1/s1. The summed E-state index contributed by atoms with van der Waals surface area (Å²) in [7, 11) is 0. The topological polar surface area (TPSA) is 98.0 Å². The third kappa shape index (κ3) is 3.58. The van der Waals surface area contributed by atoms with Crippen LogP contribution >= 0.6 is 0 Å². The maximum absolute atomic E-state index is 11.1. The molecule has 0 heterocycles. The maximum Gasteiger partial charge on any atom is 0.306 e. The summed E-state index contributed by atoms with van der Waals surface area (Å²) in [5, 5.41) is 40.8. The molecule has 3 fully saturated rings. The van der Waals surface area contributed by atoms with E-state index >= 15 is 0 Å². The highest BCUT2D eigenvalue weighted by molar-refractivity contribution is 5.69. The zero-order valence-electron chi connectivity index (χ0n) is 20.4. The monoisotopic (exact) mass is 448 g/mol. The highest BCUT2D eigenvalue weighted by Gasteiger charge is 2.63. The molecule has 32 heavy (non-hydrogen) atoms. The van der Waals surface area contributed by atoms with Crippen LogP contribution in [-0.2, 0) is 4.79 Å². The van der Waals surface area contributed by atoms with Crippen LogP contribution in [0.1, 0.15) is 91.9 Å². The molecule has 10 atom stereocenters. The predicted octanol–water partition coefficient (Wildman–Crippen LogP) is 6.08. The van der Waals surface area contributed by atoms with Gasteiger partial charge >= 0.3 is 5.97 Å². The van der Waals surface area contributed by atoms with Crippen LogP contribution in [-0.4, -0.2) is 32.5 Å². The van der Waals surface area contributed by atoms with Gasteiger partial charge in [0.1, 0.15) is 11.9 Å². The van der Waals surface area contributed by atoms with Crippen molar-refractivity contribution in [1.82, 2.24) is 0 Å². The van der Waals surface area contributed by atoms with E-state index in [4.69, 9.17) is 5.11 Å². The van der Waals surface area contributed by atoms with Crippen LogP contribution in [0.4, 0.5) is 0 Å². The fraction of sp³-hybridized carbons (Fsp3) is 0.889. The van der Waals surface area contributed by atoms with E-state index in [2.05, 4.69) is 20.8 Å². The molecular formula is C27H44O5. The molecule has 5 heteroatoms. The van der Waals surface area contributed by atoms with E-state index in [0.29, 0.717) is 41.4 Å². The third-order valence-electron chi connectivity index (χ3n) is 11.0. The molecule has 0 radical (unpaired) electrons. The molecule has 0 bridgehead atoms. The van der Waals surface area contributed by atoms with Gasteiger partial charge in [-0.3, -0.25) is 4.79 Å². The Morgan fingerprint density at radius 3 is 2.44 bits per heavy atom. The second-order valence-electron chi connectivity index (χ2n) is 12.3. The van der Waals surface area contributed by atoms with Crippen molar-refractivity contribution in [2.75, 3.05) is 0 Å². The number of carboxylic acids is 1. The number of rotatable bonds is 6. The predicted molar refractivity (Wildman–Crippen MR) is 124 cm³/mol. The molecule has 3 unspecified atom stereocenters. The van der Waals surface area contributed by atoms with Crippen LogP contribution in [0.15, 0.2) is 11.5 Å². The molecule has 0 aliphatic heterocycles. The Bertz CT molecular complexity index is 761. The first-order chi connectivity index (χ1) is 15.0. The number of aliphatic hydroxyl groups excluding tert-OH is 3. The number of allylic oxidation sites excluding steroid dienone is 1. The van der Waals surface area contributed by atoms with E-state index in [1.54, 1.807) is 0 Å². The van der Waals surface area contributed by atoms with E-state index in [1.807, 2.05) is 6.92 Å². The quantitative estimate of drug-likeness (QED) is 0.395. The van der Waals surface area contributed by atoms with E-state index < -0.39 is 12.1 Å². The maximum atomic E-state index is 11.1. The van der Waals surface area contributed by atoms with E-state index in [0.717, 1.165) is 32.1 Å². The lowest BCUT2D eigenvalue weighted by Crippen LogP contribution is -2.58. The molecule has 4 aliphatic carbocycles. The smallest absolute Gasteiger partial charge is 0.306 e. The Kier molecular flexibility index (Phi) is 6.37. The van der Waals surface area contributed by atoms with Gasteiger partial charge in [-0.25, -0.2) is 0 Å². The Balaban J connectivity index is 1.48. The molecule has 0 aromatic rings. The zero-order valence-corrected chi connectivity index (χ0v) is 20.4. The second-order valence-corrected chi connectivity index (χ2v) is 12.3. The molecule has 4 aliphatic rings. The summed E-state index contributed by atoms with van der Waals surface area (Å²) in [6, 6.07) is 0. The molecule has 0 aromatic carbocycles. The van der Waals surface area contributed by atoms with E-state index in [9.17, 15) is 20.1 Å². The number of aliphatic carboxylic acids is 1. The fourth-order valence-corrected chi connectivity index (χ4v) is 9.05. The van der Waals surface area contributed by atoms with Crippen LogP contribution in [0, 0.1) is 52.3 Å². The van der Waals surface area contributed by atoms with Gasteiger partial charge in [0.15, 0.2) is 5.76 Å². The van der Waals surface area contributed by atoms with Gasteiger partial charge in [0.25, 0.3) is 0 Å². The summed E-state index contributed by atoms with van der Waals surface area (Å²) in [6.07, 6.45) is 9.36. The normalized spacial score (nSPS) is 45.5. The van der Waals surface area contributed by atoms with Crippen molar-refractivity contribution in [1.29, 1.82) is 0 Å². The zero-order chi connectivity index (χ0) is 23.4. The number of fused-ring (bicyclic) bond motifs is 5. The van der Waals surface area contributed by atoms with Gasteiger partial charge in [-0.1, -0.05) is 40.5 Å². The third-order valence-corrected chi connectivity index (χ3v) is 11.0. The largest absolute Gasteiger partial charge is 0.509 e. The van der Waals surface area contributed by atoms with Crippen molar-refractivity contribution < 1.29 is 25.2 Å². The highest BCUT2D eigenvalue weighted by atomic mass is 16.4. The summed E-state index contributed by atoms with van der Waals surface area (Å²) < 4.78 is 0. The molecular weight excluding hydrogens is 404 g/mol. The van der Waals surface area contributed by atoms with Gasteiger partial charge in [0.05, 0.1) is 5.92 Å². The molecule has 3 saturated carbocycles. The van der Waals surface area contributed by atoms with E-state index in [1.165, 1.54) is 25.7 Å². The number of aliphatic hydroxyl groups is 3. The second kappa shape index (κ2) is 8.52. The number of carbonyl (C=O) groups is 1. The Labute approximate surface area is 193 Å². The molecule has 4 rings (SSSR count). The molecule has 0 aromatic heterocycles. The molecule has 4 N–H and O–H groups in total. The summed E-state index contributed by atoms with van der Waals surface area (Å²) in [5.74, 6) is 2.05. The minimum atomic E-state index is -0.953. The van der Waals surface area contributed by atoms with Crippen molar-refractivity contribution in [3.8, 4) is 0 Å². The van der Waals surface area contributed by atoms with Gasteiger partial charge in [-0.15, -0.1) is 0 Å². The van der Waals surface area contributed by atoms with Crippen LogP contribution in [0.2, 0.25) is 0 Å². The Morgan fingerprint density at radius 2 is 1.75 bits per heavy atom. The number of hydrogen-bond donors (Lipinski definition) is 4. The lowest BCUT2D eigenvalue weighted by molar-refractivity contribution is -0.156. The number of hydrogen-bond acceptors (Lipinski definition) is 4. The minimum Gasteiger partial charge on any atom is -0.509 e. The molecule has 5 nitrogen and oxygen atoms in total. The highest BCUT2D eigenvalue weighted by Crippen LogP contribution is 2.68. The van der Waals surface area contributed by atoms with Crippen LogP contribution in [0.25, 0.3) is 0 Å². The fourth-order valence-electron chi connectivity index (χ4n) is 9.05. The minimum absolute atomic E-state index is 0.00829. The van der Waals surface area contributed by atoms with E-state index in [-0.39, 0.29) is 28.8 Å².